The summed E-state index contributed by atoms with van der Waals surface area (Å²) in [5, 5.41) is 14.1. The lowest BCUT2D eigenvalue weighted by Crippen LogP contribution is -2.47. The van der Waals surface area contributed by atoms with Gasteiger partial charge < -0.3 is 15.4 Å². The van der Waals surface area contributed by atoms with Crippen LogP contribution in [0.1, 0.15) is 36.0 Å². The van der Waals surface area contributed by atoms with Crippen molar-refractivity contribution in [2.75, 3.05) is 13.2 Å². The molecule has 1 aliphatic carbocycles. The molecule has 2 rings (SSSR count). The molecule has 1 aromatic carbocycles. The molecule has 25 heavy (non-hydrogen) atoms. The number of hydrogen-bond acceptors (Lipinski definition) is 5. The standard InChI is InChI=1S/C17H18FN3O4/c18-13-5-3-12(4-6-13)16(24)20-9-15(23)25-10-14(22)21-17(11-19)7-1-2-8-17/h3-6H,1-2,7-10H2,(H,20,24)(H,21,22). The van der Waals surface area contributed by atoms with Gasteiger partial charge in [0, 0.05) is 5.56 Å². The summed E-state index contributed by atoms with van der Waals surface area (Å²) in [6.45, 7) is -0.943. The molecular weight excluding hydrogens is 329 g/mol. The van der Waals surface area contributed by atoms with Crippen molar-refractivity contribution in [2.45, 2.75) is 31.2 Å². The molecule has 1 aromatic rings. The maximum atomic E-state index is 12.8. The smallest absolute Gasteiger partial charge is 0.325 e. The van der Waals surface area contributed by atoms with Crippen LogP contribution in [0.4, 0.5) is 4.39 Å². The molecule has 1 aliphatic rings. The lowest BCUT2D eigenvalue weighted by molar-refractivity contribution is -0.147. The Bertz CT molecular complexity index is 691. The van der Waals surface area contributed by atoms with E-state index in [1.165, 1.54) is 12.1 Å². The first-order chi connectivity index (χ1) is 11.9. The Morgan fingerprint density at radius 2 is 1.84 bits per heavy atom. The van der Waals surface area contributed by atoms with Crippen LogP contribution in [0.3, 0.4) is 0 Å². The van der Waals surface area contributed by atoms with Gasteiger partial charge in [-0.15, -0.1) is 0 Å². The quantitative estimate of drug-likeness (QED) is 0.748. The number of nitrogens with one attached hydrogen (secondary N) is 2. The lowest BCUT2D eigenvalue weighted by atomic mass is 10.00. The molecule has 1 saturated carbocycles. The summed E-state index contributed by atoms with van der Waals surface area (Å²) in [6.07, 6.45) is 2.89. The summed E-state index contributed by atoms with van der Waals surface area (Å²) in [5.74, 6) is -2.38. The van der Waals surface area contributed by atoms with Gasteiger partial charge in [0.25, 0.3) is 11.8 Å². The molecule has 0 unspecified atom stereocenters. The number of amides is 2. The van der Waals surface area contributed by atoms with Crippen LogP contribution in [-0.2, 0) is 14.3 Å². The van der Waals surface area contributed by atoms with Crippen LogP contribution in [0.2, 0.25) is 0 Å². The zero-order valence-electron chi connectivity index (χ0n) is 13.5. The van der Waals surface area contributed by atoms with Crippen molar-refractivity contribution in [3.63, 3.8) is 0 Å². The highest BCUT2D eigenvalue weighted by Gasteiger charge is 2.35. The van der Waals surface area contributed by atoms with Crippen molar-refractivity contribution in [3.05, 3.63) is 35.6 Å². The SMILES string of the molecule is N#CC1(NC(=O)COC(=O)CNC(=O)c2ccc(F)cc2)CCCC1. The van der Waals surface area contributed by atoms with Crippen LogP contribution >= 0.6 is 0 Å². The highest BCUT2D eigenvalue weighted by Crippen LogP contribution is 2.28. The van der Waals surface area contributed by atoms with E-state index in [1.807, 2.05) is 0 Å². The van der Waals surface area contributed by atoms with Gasteiger partial charge in [-0.25, -0.2) is 4.39 Å². The molecule has 0 bridgehead atoms. The number of nitriles is 1. The Morgan fingerprint density at radius 3 is 2.44 bits per heavy atom. The predicted molar refractivity (Wildman–Crippen MR) is 84.6 cm³/mol. The largest absolute Gasteiger partial charge is 0.454 e. The highest BCUT2D eigenvalue weighted by atomic mass is 19.1. The maximum Gasteiger partial charge on any atom is 0.325 e. The summed E-state index contributed by atoms with van der Waals surface area (Å²) < 4.78 is 17.5. The summed E-state index contributed by atoms with van der Waals surface area (Å²) in [7, 11) is 0. The molecule has 8 heteroatoms. The topological polar surface area (TPSA) is 108 Å². The van der Waals surface area contributed by atoms with E-state index in [0.717, 1.165) is 25.0 Å². The second kappa shape index (κ2) is 8.24. The van der Waals surface area contributed by atoms with E-state index in [1.54, 1.807) is 0 Å². The minimum atomic E-state index is -0.875. The van der Waals surface area contributed by atoms with E-state index in [-0.39, 0.29) is 5.56 Å². The number of halogens is 1. The molecule has 1 fully saturated rings. The molecule has 0 aliphatic heterocycles. The van der Waals surface area contributed by atoms with Gasteiger partial charge in [0.15, 0.2) is 6.61 Å². The minimum absolute atomic E-state index is 0.198. The second-order valence-electron chi connectivity index (χ2n) is 5.80. The monoisotopic (exact) mass is 347 g/mol. The van der Waals surface area contributed by atoms with E-state index in [0.29, 0.717) is 12.8 Å². The number of ether oxygens (including phenoxy) is 1. The van der Waals surface area contributed by atoms with Crippen LogP contribution in [0.25, 0.3) is 0 Å². The van der Waals surface area contributed by atoms with Crippen LogP contribution in [-0.4, -0.2) is 36.5 Å². The normalized spacial score (nSPS) is 15.0. The average Bonchev–Trinajstić information content (AvgIpc) is 3.07. The third kappa shape index (κ3) is 5.28. The van der Waals surface area contributed by atoms with Gasteiger partial charge in [-0.05, 0) is 49.9 Å². The molecule has 0 saturated heterocycles. The van der Waals surface area contributed by atoms with Crippen molar-refractivity contribution in [3.8, 4) is 6.07 Å². The lowest BCUT2D eigenvalue weighted by Gasteiger charge is -2.21. The van der Waals surface area contributed by atoms with Gasteiger partial charge in [-0.1, -0.05) is 0 Å². The number of benzene rings is 1. The molecule has 0 atom stereocenters. The highest BCUT2D eigenvalue weighted by molar-refractivity contribution is 5.96. The first-order valence-electron chi connectivity index (χ1n) is 7.86. The summed E-state index contributed by atoms with van der Waals surface area (Å²) in [6, 6.07) is 6.93. The van der Waals surface area contributed by atoms with Crippen molar-refractivity contribution >= 4 is 17.8 Å². The second-order valence-corrected chi connectivity index (χ2v) is 5.80. The van der Waals surface area contributed by atoms with Gasteiger partial charge in [-0.2, -0.15) is 5.26 Å². The van der Waals surface area contributed by atoms with Gasteiger partial charge in [0.2, 0.25) is 0 Å². The van der Waals surface area contributed by atoms with E-state index in [9.17, 15) is 24.0 Å². The summed E-state index contributed by atoms with van der Waals surface area (Å²) in [4.78, 5) is 35.1. The van der Waals surface area contributed by atoms with Gasteiger partial charge in [-0.3, -0.25) is 14.4 Å². The molecular formula is C17H18FN3O4. The van der Waals surface area contributed by atoms with Gasteiger partial charge >= 0.3 is 5.97 Å². The number of carbonyl (C=O) groups excluding carboxylic acids is 3. The molecule has 0 heterocycles. The van der Waals surface area contributed by atoms with E-state index >= 15 is 0 Å². The van der Waals surface area contributed by atoms with Crippen LogP contribution in [0.5, 0.6) is 0 Å². The fourth-order valence-electron chi connectivity index (χ4n) is 2.60. The first kappa shape index (κ1) is 18.4. The number of rotatable bonds is 6. The summed E-state index contributed by atoms with van der Waals surface area (Å²) in [5.41, 5.74) is -0.676. The molecule has 0 radical (unpaired) electrons. The number of esters is 1. The van der Waals surface area contributed by atoms with Crippen LogP contribution < -0.4 is 10.6 Å². The van der Waals surface area contributed by atoms with E-state index in [2.05, 4.69) is 16.7 Å². The summed E-state index contributed by atoms with van der Waals surface area (Å²) >= 11 is 0. The molecule has 0 spiro atoms. The molecule has 7 nitrogen and oxygen atoms in total. The number of hydrogen-bond donors (Lipinski definition) is 2. The fourth-order valence-corrected chi connectivity index (χ4v) is 2.60. The maximum absolute atomic E-state index is 12.8. The Balaban J connectivity index is 1.71. The van der Waals surface area contributed by atoms with Gasteiger partial charge in [0.1, 0.15) is 17.9 Å². The van der Waals surface area contributed by atoms with Crippen molar-refractivity contribution in [1.29, 1.82) is 5.26 Å². The Morgan fingerprint density at radius 1 is 1.20 bits per heavy atom. The predicted octanol–water partition coefficient (Wildman–Crippen LogP) is 1.05. The fraction of sp³-hybridized carbons (Fsp3) is 0.412. The number of nitrogens with zero attached hydrogens (tertiary/aromatic N) is 1. The van der Waals surface area contributed by atoms with E-state index in [4.69, 9.17) is 4.74 Å². The van der Waals surface area contributed by atoms with Crippen LogP contribution in [0.15, 0.2) is 24.3 Å². The third-order valence-corrected chi connectivity index (χ3v) is 3.91. The Labute approximate surface area is 144 Å². The van der Waals surface area contributed by atoms with Crippen molar-refractivity contribution in [1.82, 2.24) is 10.6 Å². The number of carbonyl (C=O) groups is 3. The van der Waals surface area contributed by atoms with E-state index < -0.39 is 42.3 Å². The van der Waals surface area contributed by atoms with Crippen molar-refractivity contribution in [2.24, 2.45) is 0 Å². The van der Waals surface area contributed by atoms with Crippen molar-refractivity contribution < 1.29 is 23.5 Å². The van der Waals surface area contributed by atoms with Gasteiger partial charge in [0.05, 0.1) is 6.07 Å². The molecule has 2 N–H and O–H groups in total. The zero-order valence-corrected chi connectivity index (χ0v) is 13.5. The Hall–Kier alpha value is -2.95. The molecule has 0 aromatic heterocycles. The Kier molecular flexibility index (Phi) is 6.06. The first-order valence-corrected chi connectivity index (χ1v) is 7.86. The third-order valence-electron chi connectivity index (χ3n) is 3.91. The molecule has 132 valence electrons. The average molecular weight is 347 g/mol. The minimum Gasteiger partial charge on any atom is -0.454 e. The molecule has 2 amide bonds. The zero-order chi connectivity index (χ0) is 18.3. The van der Waals surface area contributed by atoms with Crippen LogP contribution in [0, 0.1) is 17.1 Å².